The molecule has 2 heterocycles. The van der Waals surface area contributed by atoms with Gasteiger partial charge in [0, 0.05) is 12.2 Å². The second kappa shape index (κ2) is 6.72. The van der Waals surface area contributed by atoms with Gasteiger partial charge in [-0.1, -0.05) is 0 Å². The minimum atomic E-state index is -3.27. The number of rotatable bonds is 6. The zero-order valence-corrected chi connectivity index (χ0v) is 13.7. The number of aromatic nitrogens is 1. The lowest BCUT2D eigenvalue weighted by molar-refractivity contribution is 0.127. The van der Waals surface area contributed by atoms with E-state index in [2.05, 4.69) is 4.98 Å². The average Bonchev–Trinajstić information content (AvgIpc) is 3.18. The summed E-state index contributed by atoms with van der Waals surface area (Å²) in [6.45, 7) is 0.645. The fourth-order valence-corrected chi connectivity index (χ4v) is 4.11. The van der Waals surface area contributed by atoms with Crippen molar-refractivity contribution in [1.82, 2.24) is 4.98 Å². The molecule has 0 N–H and O–H groups in total. The van der Waals surface area contributed by atoms with Crippen LogP contribution in [0.3, 0.4) is 0 Å². The van der Waals surface area contributed by atoms with Gasteiger partial charge in [0.15, 0.2) is 9.84 Å². The lowest BCUT2D eigenvalue weighted by Gasteiger charge is -2.08. The van der Waals surface area contributed by atoms with Gasteiger partial charge >= 0.3 is 0 Å². The highest BCUT2D eigenvalue weighted by molar-refractivity contribution is 7.90. The van der Waals surface area contributed by atoms with Gasteiger partial charge in [0.25, 0.3) is 0 Å². The number of methoxy groups -OCH3 is 1. The molecule has 1 aromatic heterocycles. The molecule has 7 heteroatoms. The summed E-state index contributed by atoms with van der Waals surface area (Å²) in [5.74, 6) is 1.04. The number of hydrogen-bond donors (Lipinski definition) is 0. The van der Waals surface area contributed by atoms with Gasteiger partial charge in [-0.05, 0) is 37.1 Å². The van der Waals surface area contributed by atoms with Crippen molar-refractivity contribution in [3.63, 3.8) is 0 Å². The first-order valence-corrected chi connectivity index (χ1v) is 9.29. The van der Waals surface area contributed by atoms with Crippen LogP contribution in [0.1, 0.15) is 18.5 Å². The van der Waals surface area contributed by atoms with E-state index in [-0.39, 0.29) is 17.6 Å². The van der Waals surface area contributed by atoms with Gasteiger partial charge in [-0.25, -0.2) is 13.4 Å². The van der Waals surface area contributed by atoms with E-state index >= 15 is 0 Å². The zero-order valence-electron chi connectivity index (χ0n) is 12.9. The van der Waals surface area contributed by atoms with Crippen molar-refractivity contribution in [2.24, 2.45) is 0 Å². The highest BCUT2D eigenvalue weighted by Gasteiger charge is 2.24. The van der Waals surface area contributed by atoms with Crippen LogP contribution in [0.15, 0.2) is 34.9 Å². The molecule has 1 fully saturated rings. The summed E-state index contributed by atoms with van der Waals surface area (Å²) in [6.07, 6.45) is 2.93. The molecule has 1 aliphatic rings. The molecule has 3 rings (SSSR count). The molecule has 0 saturated carbocycles. The van der Waals surface area contributed by atoms with Crippen molar-refractivity contribution in [1.29, 1.82) is 0 Å². The van der Waals surface area contributed by atoms with Crippen LogP contribution in [-0.2, 0) is 20.3 Å². The molecule has 0 spiro atoms. The van der Waals surface area contributed by atoms with Gasteiger partial charge in [0.05, 0.1) is 30.4 Å². The van der Waals surface area contributed by atoms with Crippen LogP contribution in [0.2, 0.25) is 0 Å². The third-order valence-corrected chi connectivity index (χ3v) is 5.34. The number of sulfone groups is 1. The topological polar surface area (TPSA) is 78.6 Å². The summed E-state index contributed by atoms with van der Waals surface area (Å²) in [5, 5.41) is 0. The van der Waals surface area contributed by atoms with Crippen LogP contribution in [0.4, 0.5) is 0 Å². The van der Waals surface area contributed by atoms with Crippen LogP contribution in [0, 0.1) is 0 Å². The van der Waals surface area contributed by atoms with Gasteiger partial charge in [-0.2, -0.15) is 0 Å². The van der Waals surface area contributed by atoms with Crippen molar-refractivity contribution >= 4 is 9.84 Å². The first-order chi connectivity index (χ1) is 11.1. The minimum absolute atomic E-state index is 0.0394. The highest BCUT2D eigenvalue weighted by Crippen LogP contribution is 2.23. The van der Waals surface area contributed by atoms with Crippen molar-refractivity contribution in [2.45, 2.75) is 24.7 Å². The molecule has 0 aliphatic carbocycles. The van der Waals surface area contributed by atoms with Gasteiger partial charge in [0.2, 0.25) is 5.89 Å². The second-order valence-electron chi connectivity index (χ2n) is 5.56. The Hall–Kier alpha value is -1.86. The second-order valence-corrected chi connectivity index (χ2v) is 7.67. The maximum atomic E-state index is 12.2. The summed E-state index contributed by atoms with van der Waals surface area (Å²) in [6, 6.07) is 7.23. The third kappa shape index (κ3) is 4.11. The maximum Gasteiger partial charge on any atom is 0.226 e. The van der Waals surface area contributed by atoms with Crippen LogP contribution in [0.5, 0.6) is 5.75 Å². The summed E-state index contributed by atoms with van der Waals surface area (Å²) < 4.78 is 40.3. The molecule has 1 saturated heterocycles. The molecule has 6 nitrogen and oxygen atoms in total. The van der Waals surface area contributed by atoms with Crippen LogP contribution in [0.25, 0.3) is 11.5 Å². The van der Waals surface area contributed by atoms with Gasteiger partial charge < -0.3 is 13.9 Å². The van der Waals surface area contributed by atoms with Gasteiger partial charge in [0.1, 0.15) is 12.0 Å². The quantitative estimate of drug-likeness (QED) is 0.805. The predicted molar refractivity (Wildman–Crippen MR) is 85.0 cm³/mol. The number of hydrogen-bond acceptors (Lipinski definition) is 6. The summed E-state index contributed by atoms with van der Waals surface area (Å²) in [7, 11) is -1.67. The summed E-state index contributed by atoms with van der Waals surface area (Å²) >= 11 is 0. The molecule has 0 radical (unpaired) electrons. The molecule has 2 aromatic rings. The Morgan fingerprint density at radius 1 is 1.30 bits per heavy atom. The van der Waals surface area contributed by atoms with E-state index in [0.29, 0.717) is 18.2 Å². The Labute approximate surface area is 135 Å². The molecular weight excluding hydrogens is 318 g/mol. The Morgan fingerprint density at radius 3 is 2.74 bits per heavy atom. The number of ether oxygens (including phenoxy) is 2. The minimum Gasteiger partial charge on any atom is -0.497 e. The summed E-state index contributed by atoms with van der Waals surface area (Å²) in [4.78, 5) is 4.27. The molecule has 0 amide bonds. The lowest BCUT2D eigenvalue weighted by Crippen LogP contribution is -2.21. The fourth-order valence-electron chi connectivity index (χ4n) is 2.58. The molecule has 0 bridgehead atoms. The van der Waals surface area contributed by atoms with Crippen molar-refractivity contribution in [3.8, 4) is 17.2 Å². The summed E-state index contributed by atoms with van der Waals surface area (Å²) in [5.41, 5.74) is 1.18. The monoisotopic (exact) mass is 337 g/mol. The van der Waals surface area contributed by atoms with E-state index in [1.807, 2.05) is 12.1 Å². The van der Waals surface area contributed by atoms with E-state index in [1.54, 1.807) is 19.2 Å². The SMILES string of the molecule is COc1ccc(-c2nc(CS(=O)(=O)CC3CCCO3)co2)cc1. The van der Waals surface area contributed by atoms with E-state index in [0.717, 1.165) is 24.2 Å². The normalized spacial score (nSPS) is 18.2. The largest absolute Gasteiger partial charge is 0.497 e. The van der Waals surface area contributed by atoms with E-state index in [9.17, 15) is 8.42 Å². The molecule has 1 unspecified atom stereocenters. The standard InChI is InChI=1S/C16H19NO5S/c1-20-14-6-4-12(5-7-14)16-17-13(9-22-16)10-23(18,19)11-15-3-2-8-21-15/h4-7,9,15H,2-3,8,10-11H2,1H3. The molecular formula is C16H19NO5S. The van der Waals surface area contributed by atoms with Crippen molar-refractivity contribution in [3.05, 3.63) is 36.2 Å². The first-order valence-electron chi connectivity index (χ1n) is 7.46. The maximum absolute atomic E-state index is 12.2. The van der Waals surface area contributed by atoms with E-state index < -0.39 is 9.84 Å². The number of oxazole rings is 1. The van der Waals surface area contributed by atoms with Crippen LogP contribution in [-0.4, -0.2) is 39.0 Å². The van der Waals surface area contributed by atoms with Crippen LogP contribution >= 0.6 is 0 Å². The lowest BCUT2D eigenvalue weighted by atomic mass is 10.2. The van der Waals surface area contributed by atoms with Crippen molar-refractivity contribution < 1.29 is 22.3 Å². The van der Waals surface area contributed by atoms with E-state index in [4.69, 9.17) is 13.9 Å². The predicted octanol–water partition coefficient (Wildman–Crippen LogP) is 2.44. The van der Waals surface area contributed by atoms with Gasteiger partial charge in [-0.3, -0.25) is 0 Å². The third-order valence-electron chi connectivity index (χ3n) is 3.72. The van der Waals surface area contributed by atoms with Crippen molar-refractivity contribution in [2.75, 3.05) is 19.5 Å². The number of nitrogens with zero attached hydrogens (tertiary/aromatic N) is 1. The number of benzene rings is 1. The first kappa shape index (κ1) is 16.0. The Bertz CT molecular complexity index is 745. The zero-order chi connectivity index (χ0) is 16.3. The fraction of sp³-hybridized carbons (Fsp3) is 0.438. The molecule has 1 aromatic carbocycles. The van der Waals surface area contributed by atoms with Gasteiger partial charge in [-0.15, -0.1) is 0 Å². The Balaban J connectivity index is 1.68. The highest BCUT2D eigenvalue weighted by atomic mass is 32.2. The van der Waals surface area contributed by atoms with E-state index in [1.165, 1.54) is 6.26 Å². The average molecular weight is 337 g/mol. The molecule has 23 heavy (non-hydrogen) atoms. The smallest absolute Gasteiger partial charge is 0.226 e. The molecule has 1 atom stereocenters. The Kier molecular flexibility index (Phi) is 4.68. The Morgan fingerprint density at radius 2 is 2.09 bits per heavy atom. The molecule has 124 valence electrons. The molecule has 1 aliphatic heterocycles. The van der Waals surface area contributed by atoms with Crippen LogP contribution < -0.4 is 4.74 Å².